The van der Waals surface area contributed by atoms with Crippen LogP contribution >= 0.6 is 11.6 Å². The highest BCUT2D eigenvalue weighted by molar-refractivity contribution is 7.67. The van der Waals surface area contributed by atoms with E-state index in [4.69, 9.17) is 11.6 Å². The first-order valence-electron chi connectivity index (χ1n) is 6.54. The highest BCUT2D eigenvalue weighted by Crippen LogP contribution is 2.28. The monoisotopic (exact) mass is 316 g/mol. The quantitative estimate of drug-likeness (QED) is 0.799. The van der Waals surface area contributed by atoms with Gasteiger partial charge in [0, 0.05) is 17.8 Å². The molecule has 0 aliphatic carbocycles. The van der Waals surface area contributed by atoms with E-state index in [1.807, 2.05) is 48.7 Å². The minimum Gasteiger partial charge on any atom is -0.361 e. The Balaban J connectivity index is 2.00. The Bertz CT molecular complexity index is 739. The highest BCUT2D eigenvalue weighted by atomic mass is 35.5. The molecule has 21 heavy (non-hydrogen) atoms. The largest absolute Gasteiger partial charge is 0.361 e. The molecule has 1 aliphatic heterocycles. The molecule has 0 amide bonds. The predicted molar refractivity (Wildman–Crippen MR) is 89.0 cm³/mol. The zero-order chi connectivity index (χ0) is 14.7. The molecular weight excluding hydrogens is 304 g/mol. The number of aromatic nitrogens is 1. The van der Waals surface area contributed by atoms with Gasteiger partial charge in [0.15, 0.2) is 0 Å². The summed E-state index contributed by atoms with van der Waals surface area (Å²) in [6.45, 7) is 1.31. The molecule has 1 aliphatic rings. The summed E-state index contributed by atoms with van der Waals surface area (Å²) in [7, 11) is 0. The lowest BCUT2D eigenvalue weighted by Gasteiger charge is -2.29. The lowest BCUT2D eigenvalue weighted by Crippen LogP contribution is -2.34. The third-order valence-corrected chi connectivity index (χ3v) is 4.17. The van der Waals surface area contributed by atoms with Crippen LogP contribution in [0, 0.1) is 0 Å². The molecule has 0 spiro atoms. The molecule has 0 saturated heterocycles. The molecule has 1 aromatic heterocycles. The molecule has 3 rings (SSSR count). The van der Waals surface area contributed by atoms with E-state index >= 15 is 0 Å². The van der Waals surface area contributed by atoms with E-state index in [1.54, 1.807) is 6.20 Å². The Morgan fingerprint density at radius 3 is 2.71 bits per heavy atom. The molecule has 1 aromatic carbocycles. The van der Waals surface area contributed by atoms with E-state index in [2.05, 4.69) is 9.88 Å². The molecule has 0 fully saturated rings. The summed E-state index contributed by atoms with van der Waals surface area (Å²) >= 11 is 6.81. The molecule has 5 heteroatoms. The van der Waals surface area contributed by atoms with Crippen LogP contribution in [0.4, 0.5) is 5.69 Å². The topological polar surface area (TPSA) is 33.2 Å². The maximum atomic E-state index is 11.3. The number of hydrogen-bond acceptors (Lipinski definition) is 3. The van der Waals surface area contributed by atoms with E-state index in [0.717, 1.165) is 21.7 Å². The van der Waals surface area contributed by atoms with Gasteiger partial charge in [-0.2, -0.15) is 0 Å². The van der Waals surface area contributed by atoms with Crippen molar-refractivity contribution in [2.75, 3.05) is 18.0 Å². The zero-order valence-electron chi connectivity index (χ0n) is 11.2. The predicted octanol–water partition coefficient (Wildman–Crippen LogP) is 3.02. The SMILES string of the molecule is O=S=C1C=C(c2ccccc2Cl)CN(c2cccnc2)C1. The van der Waals surface area contributed by atoms with Gasteiger partial charge in [0.05, 0.1) is 34.5 Å². The Morgan fingerprint density at radius 2 is 2.00 bits per heavy atom. The van der Waals surface area contributed by atoms with Crippen molar-refractivity contribution in [3.63, 3.8) is 0 Å². The lowest BCUT2D eigenvalue weighted by molar-refractivity contribution is 0.700. The summed E-state index contributed by atoms with van der Waals surface area (Å²) in [6.07, 6.45) is 5.50. The summed E-state index contributed by atoms with van der Waals surface area (Å²) in [5, 5.41) is 0.701. The zero-order valence-corrected chi connectivity index (χ0v) is 12.8. The summed E-state index contributed by atoms with van der Waals surface area (Å²) in [5.74, 6) is 0. The van der Waals surface area contributed by atoms with E-state index in [1.165, 1.54) is 0 Å². The second-order valence-electron chi connectivity index (χ2n) is 4.77. The van der Waals surface area contributed by atoms with Crippen molar-refractivity contribution in [2.24, 2.45) is 0 Å². The minimum atomic E-state index is 0.534. The molecule has 106 valence electrons. The Labute approximate surface area is 132 Å². The highest BCUT2D eigenvalue weighted by Gasteiger charge is 2.19. The Hall–Kier alpha value is -1.91. The molecule has 0 unspecified atom stereocenters. The van der Waals surface area contributed by atoms with E-state index in [9.17, 15) is 4.21 Å². The van der Waals surface area contributed by atoms with Crippen LogP contribution in [-0.4, -0.2) is 27.1 Å². The number of pyridine rings is 1. The fraction of sp³-hybridized carbons (Fsp3) is 0.125. The van der Waals surface area contributed by atoms with Crippen LogP contribution in [0.2, 0.25) is 5.02 Å². The van der Waals surface area contributed by atoms with Gasteiger partial charge < -0.3 is 4.90 Å². The number of hydrogen-bond donors (Lipinski definition) is 0. The maximum absolute atomic E-state index is 11.3. The second-order valence-corrected chi connectivity index (χ2v) is 5.86. The first kappa shape index (κ1) is 14.0. The smallest absolute Gasteiger partial charge is 0.0939 e. The van der Waals surface area contributed by atoms with Crippen LogP contribution in [0.1, 0.15) is 5.56 Å². The number of benzene rings is 1. The van der Waals surface area contributed by atoms with Crippen molar-refractivity contribution in [1.82, 2.24) is 4.98 Å². The van der Waals surface area contributed by atoms with E-state index < -0.39 is 0 Å². The summed E-state index contributed by atoms with van der Waals surface area (Å²) in [6, 6.07) is 11.6. The molecular formula is C16H13ClN2OS. The van der Waals surface area contributed by atoms with Crippen molar-refractivity contribution in [1.29, 1.82) is 0 Å². The van der Waals surface area contributed by atoms with Crippen LogP contribution in [0.3, 0.4) is 0 Å². The van der Waals surface area contributed by atoms with Crippen molar-refractivity contribution in [2.45, 2.75) is 0 Å². The molecule has 0 atom stereocenters. The first-order chi connectivity index (χ1) is 10.3. The Morgan fingerprint density at radius 1 is 1.14 bits per heavy atom. The standard InChI is InChI=1S/C16H13ClN2OS/c17-16-6-2-1-5-15(16)12-8-14(21-20)11-19(10-12)13-4-3-7-18-9-13/h1-9H,10-11H2. The molecule has 0 radical (unpaired) electrons. The molecule has 0 N–H and O–H groups in total. The van der Waals surface area contributed by atoms with Gasteiger partial charge >= 0.3 is 0 Å². The second kappa shape index (κ2) is 6.24. The molecule has 0 bridgehead atoms. The summed E-state index contributed by atoms with van der Waals surface area (Å²) in [4.78, 5) is 7.05. The number of halogens is 1. The molecule has 3 nitrogen and oxygen atoms in total. The fourth-order valence-corrected chi connectivity index (χ4v) is 3.05. The number of rotatable bonds is 2. The average molecular weight is 317 g/mol. The van der Waals surface area contributed by atoms with E-state index in [0.29, 0.717) is 29.4 Å². The van der Waals surface area contributed by atoms with Crippen LogP contribution < -0.4 is 4.90 Å². The van der Waals surface area contributed by atoms with Gasteiger partial charge in [-0.3, -0.25) is 4.98 Å². The third-order valence-electron chi connectivity index (χ3n) is 3.38. The summed E-state index contributed by atoms with van der Waals surface area (Å²) in [5.41, 5.74) is 3.02. The maximum Gasteiger partial charge on any atom is 0.0939 e. The van der Waals surface area contributed by atoms with Crippen LogP contribution in [0.5, 0.6) is 0 Å². The average Bonchev–Trinajstić information content (AvgIpc) is 2.55. The van der Waals surface area contributed by atoms with Gasteiger partial charge in [0.1, 0.15) is 0 Å². The van der Waals surface area contributed by atoms with Crippen molar-refractivity contribution in [3.8, 4) is 0 Å². The molecule has 2 aromatic rings. The van der Waals surface area contributed by atoms with Crippen LogP contribution in [-0.2, 0) is 11.3 Å². The van der Waals surface area contributed by atoms with Crippen LogP contribution in [0.25, 0.3) is 5.57 Å². The van der Waals surface area contributed by atoms with Gasteiger partial charge in [-0.15, -0.1) is 0 Å². The Kier molecular flexibility index (Phi) is 4.18. The van der Waals surface area contributed by atoms with Gasteiger partial charge in [-0.1, -0.05) is 29.8 Å². The minimum absolute atomic E-state index is 0.534. The fourth-order valence-electron chi connectivity index (χ4n) is 2.39. The first-order valence-corrected chi connectivity index (χ1v) is 7.66. The van der Waals surface area contributed by atoms with Crippen molar-refractivity contribution < 1.29 is 4.21 Å². The lowest BCUT2D eigenvalue weighted by atomic mass is 10.0. The van der Waals surface area contributed by atoms with Gasteiger partial charge in [0.2, 0.25) is 0 Å². The van der Waals surface area contributed by atoms with Gasteiger partial charge in [-0.05, 0) is 35.4 Å². The van der Waals surface area contributed by atoms with Gasteiger partial charge in [-0.25, -0.2) is 4.21 Å². The van der Waals surface area contributed by atoms with Crippen LogP contribution in [0.15, 0.2) is 54.9 Å². The van der Waals surface area contributed by atoms with Crippen molar-refractivity contribution in [3.05, 3.63) is 65.5 Å². The van der Waals surface area contributed by atoms with Gasteiger partial charge in [0.25, 0.3) is 0 Å². The third kappa shape index (κ3) is 3.06. The molecule has 2 heterocycles. The summed E-state index contributed by atoms with van der Waals surface area (Å²) < 4.78 is 11.3. The van der Waals surface area contributed by atoms with E-state index in [-0.39, 0.29) is 0 Å². The molecule has 0 saturated carbocycles. The normalized spacial score (nSPS) is 14.8. The number of anilines is 1. The van der Waals surface area contributed by atoms with Crippen molar-refractivity contribution >= 4 is 39.0 Å². The number of nitrogens with zero attached hydrogens (tertiary/aromatic N) is 2.